The van der Waals surface area contributed by atoms with E-state index in [1.54, 1.807) is 24.3 Å². The van der Waals surface area contributed by atoms with Crippen LogP contribution in [0.2, 0.25) is 0 Å². The second-order valence-corrected chi connectivity index (χ2v) is 7.77. The van der Waals surface area contributed by atoms with E-state index in [1.165, 1.54) is 0 Å². The highest BCUT2D eigenvalue weighted by Crippen LogP contribution is 2.23. The minimum Gasteiger partial charge on any atom is -0.490 e. The monoisotopic (exact) mass is 461 g/mol. The molecule has 0 aliphatic carbocycles. The third-order valence-corrected chi connectivity index (χ3v) is 5.10. The van der Waals surface area contributed by atoms with Crippen molar-refractivity contribution in [2.45, 2.75) is 26.3 Å². The van der Waals surface area contributed by atoms with Gasteiger partial charge < -0.3 is 25.4 Å². The maximum Gasteiger partial charge on any atom is 0.251 e. The van der Waals surface area contributed by atoms with Crippen LogP contribution in [0.3, 0.4) is 0 Å². The molecule has 7 nitrogen and oxygen atoms in total. The molecular formula is C27H31N3O4. The first-order valence-electron chi connectivity index (χ1n) is 11.4. The van der Waals surface area contributed by atoms with Gasteiger partial charge in [0.05, 0.1) is 12.2 Å². The second-order valence-electron chi connectivity index (χ2n) is 7.77. The number of anilines is 2. The summed E-state index contributed by atoms with van der Waals surface area (Å²) in [6.07, 6.45) is 0.864. The second kappa shape index (κ2) is 12.9. The summed E-state index contributed by atoms with van der Waals surface area (Å²) in [5, 5.41) is 8.85. The number of nitrogens with one attached hydrogen (secondary N) is 3. The molecule has 3 rings (SSSR count). The SMILES string of the molecule is CCC(C)NC(=O)c1ccc(NC(=O)CNc2ccccc2OCCOc2ccccc2)cc1. The summed E-state index contributed by atoms with van der Waals surface area (Å²) in [6.45, 7) is 4.82. The summed E-state index contributed by atoms with van der Waals surface area (Å²) in [4.78, 5) is 24.6. The Morgan fingerprint density at radius 3 is 2.26 bits per heavy atom. The Bertz CT molecular complexity index is 1050. The minimum absolute atomic E-state index is 0.0666. The highest BCUT2D eigenvalue weighted by Gasteiger charge is 2.10. The van der Waals surface area contributed by atoms with Gasteiger partial charge in [-0.25, -0.2) is 0 Å². The van der Waals surface area contributed by atoms with Crippen LogP contribution < -0.4 is 25.4 Å². The van der Waals surface area contributed by atoms with E-state index in [0.29, 0.717) is 30.2 Å². The topological polar surface area (TPSA) is 88.7 Å². The van der Waals surface area contributed by atoms with Gasteiger partial charge in [-0.15, -0.1) is 0 Å². The maximum atomic E-state index is 12.4. The molecule has 1 atom stereocenters. The van der Waals surface area contributed by atoms with Crippen LogP contribution in [0, 0.1) is 0 Å². The van der Waals surface area contributed by atoms with Gasteiger partial charge >= 0.3 is 0 Å². The van der Waals surface area contributed by atoms with Crippen molar-refractivity contribution in [3.8, 4) is 11.5 Å². The molecule has 0 heterocycles. The predicted molar refractivity (Wildman–Crippen MR) is 135 cm³/mol. The number of amides is 2. The standard InChI is InChI=1S/C27H31N3O4/c1-3-20(2)29-27(32)21-13-15-22(16-14-21)30-26(31)19-28-24-11-7-8-12-25(24)34-18-17-33-23-9-5-4-6-10-23/h4-16,20,28H,3,17-19H2,1-2H3,(H,29,32)(H,30,31). The number of benzene rings is 3. The molecule has 0 fully saturated rings. The van der Waals surface area contributed by atoms with Crippen molar-refractivity contribution in [3.63, 3.8) is 0 Å². The van der Waals surface area contributed by atoms with Crippen molar-refractivity contribution in [3.05, 3.63) is 84.4 Å². The summed E-state index contributed by atoms with van der Waals surface area (Å²) in [6, 6.07) is 23.9. The molecule has 0 spiro atoms. The van der Waals surface area contributed by atoms with Crippen LogP contribution in [0.25, 0.3) is 0 Å². The number of carbonyl (C=O) groups excluding carboxylic acids is 2. The zero-order valence-corrected chi connectivity index (χ0v) is 19.5. The highest BCUT2D eigenvalue weighted by atomic mass is 16.5. The van der Waals surface area contributed by atoms with Crippen molar-refractivity contribution < 1.29 is 19.1 Å². The smallest absolute Gasteiger partial charge is 0.251 e. The Balaban J connectivity index is 1.45. The predicted octanol–water partition coefficient (Wildman–Crippen LogP) is 4.72. The van der Waals surface area contributed by atoms with Gasteiger partial charge in [-0.3, -0.25) is 9.59 Å². The van der Waals surface area contributed by atoms with Gasteiger partial charge in [-0.1, -0.05) is 37.3 Å². The van der Waals surface area contributed by atoms with E-state index >= 15 is 0 Å². The maximum absolute atomic E-state index is 12.4. The largest absolute Gasteiger partial charge is 0.490 e. The van der Waals surface area contributed by atoms with E-state index in [9.17, 15) is 9.59 Å². The van der Waals surface area contributed by atoms with Crippen LogP contribution in [0.15, 0.2) is 78.9 Å². The molecule has 0 radical (unpaired) electrons. The molecule has 7 heteroatoms. The molecule has 1 unspecified atom stereocenters. The number of carbonyl (C=O) groups is 2. The van der Waals surface area contributed by atoms with E-state index < -0.39 is 0 Å². The van der Waals surface area contributed by atoms with Gasteiger partial charge in [-0.2, -0.15) is 0 Å². The molecule has 3 aromatic rings. The molecule has 2 amide bonds. The average molecular weight is 462 g/mol. The van der Waals surface area contributed by atoms with Crippen LogP contribution in [0.4, 0.5) is 11.4 Å². The first-order chi connectivity index (χ1) is 16.5. The molecule has 178 valence electrons. The lowest BCUT2D eigenvalue weighted by atomic mass is 10.1. The van der Waals surface area contributed by atoms with E-state index in [1.807, 2.05) is 68.4 Å². The van der Waals surface area contributed by atoms with Gasteiger partial charge in [0.25, 0.3) is 5.91 Å². The lowest BCUT2D eigenvalue weighted by Gasteiger charge is -2.14. The van der Waals surface area contributed by atoms with E-state index in [2.05, 4.69) is 16.0 Å². The average Bonchev–Trinajstić information content (AvgIpc) is 2.87. The fraction of sp³-hybridized carbons (Fsp3) is 0.259. The van der Waals surface area contributed by atoms with Crippen LogP contribution in [0.1, 0.15) is 30.6 Å². The number of hydrogen-bond donors (Lipinski definition) is 3. The summed E-state index contributed by atoms with van der Waals surface area (Å²) in [5.41, 5.74) is 1.89. The summed E-state index contributed by atoms with van der Waals surface area (Å²) >= 11 is 0. The molecule has 3 aromatic carbocycles. The molecule has 0 aliphatic heterocycles. The van der Waals surface area contributed by atoms with Gasteiger partial charge in [0.2, 0.25) is 5.91 Å². The Morgan fingerprint density at radius 2 is 1.53 bits per heavy atom. The van der Waals surface area contributed by atoms with Crippen LogP contribution in [0.5, 0.6) is 11.5 Å². The Hall–Kier alpha value is -4.00. The highest BCUT2D eigenvalue weighted by molar-refractivity contribution is 5.96. The lowest BCUT2D eigenvalue weighted by molar-refractivity contribution is -0.114. The molecule has 0 aliphatic rings. The first-order valence-corrected chi connectivity index (χ1v) is 11.4. The Kier molecular flexibility index (Phi) is 9.34. The van der Waals surface area contributed by atoms with E-state index in [-0.39, 0.29) is 24.4 Å². The number of hydrogen-bond acceptors (Lipinski definition) is 5. The quantitative estimate of drug-likeness (QED) is 0.340. The fourth-order valence-electron chi connectivity index (χ4n) is 3.06. The number of para-hydroxylation sites is 3. The zero-order chi connectivity index (χ0) is 24.2. The number of rotatable bonds is 12. The van der Waals surface area contributed by atoms with Crippen molar-refractivity contribution in [1.82, 2.24) is 5.32 Å². The Morgan fingerprint density at radius 1 is 0.853 bits per heavy atom. The molecule has 0 saturated heterocycles. The van der Waals surface area contributed by atoms with Gasteiger partial charge in [0.1, 0.15) is 24.7 Å². The normalized spacial score (nSPS) is 11.2. The number of ether oxygens (including phenoxy) is 2. The minimum atomic E-state index is -0.209. The van der Waals surface area contributed by atoms with Crippen LogP contribution >= 0.6 is 0 Å². The summed E-state index contributed by atoms with van der Waals surface area (Å²) in [7, 11) is 0. The van der Waals surface area contributed by atoms with Crippen molar-refractivity contribution >= 4 is 23.2 Å². The van der Waals surface area contributed by atoms with Crippen molar-refractivity contribution in [2.24, 2.45) is 0 Å². The molecule has 34 heavy (non-hydrogen) atoms. The summed E-state index contributed by atoms with van der Waals surface area (Å²) in [5.74, 6) is 1.10. The van der Waals surface area contributed by atoms with Gasteiger partial charge in [0, 0.05) is 17.3 Å². The summed E-state index contributed by atoms with van der Waals surface area (Å²) < 4.78 is 11.5. The van der Waals surface area contributed by atoms with Crippen LogP contribution in [-0.4, -0.2) is 37.6 Å². The lowest BCUT2D eigenvalue weighted by Crippen LogP contribution is -2.31. The van der Waals surface area contributed by atoms with Gasteiger partial charge in [-0.05, 0) is 61.9 Å². The molecule has 3 N–H and O–H groups in total. The first kappa shape index (κ1) is 24.6. The van der Waals surface area contributed by atoms with Crippen LogP contribution in [-0.2, 0) is 4.79 Å². The molecule has 0 aromatic heterocycles. The molecule has 0 bridgehead atoms. The van der Waals surface area contributed by atoms with E-state index in [0.717, 1.165) is 17.9 Å². The molecule has 0 saturated carbocycles. The fourth-order valence-corrected chi connectivity index (χ4v) is 3.06. The zero-order valence-electron chi connectivity index (χ0n) is 19.5. The third-order valence-electron chi connectivity index (χ3n) is 5.10. The molecular weight excluding hydrogens is 430 g/mol. The van der Waals surface area contributed by atoms with Crippen molar-refractivity contribution in [1.29, 1.82) is 0 Å². The van der Waals surface area contributed by atoms with Crippen molar-refractivity contribution in [2.75, 3.05) is 30.4 Å². The van der Waals surface area contributed by atoms with E-state index in [4.69, 9.17) is 9.47 Å². The third kappa shape index (κ3) is 7.85. The Labute approximate surface area is 200 Å². The van der Waals surface area contributed by atoms with Gasteiger partial charge in [0.15, 0.2) is 0 Å².